The van der Waals surface area contributed by atoms with E-state index in [9.17, 15) is 0 Å². The highest BCUT2D eigenvalue weighted by Crippen LogP contribution is 2.34. The minimum absolute atomic E-state index is 0.270. The highest BCUT2D eigenvalue weighted by atomic mass is 35.5. The predicted octanol–water partition coefficient (Wildman–Crippen LogP) is 4.05. The molecular weight excluding hydrogens is 311 g/mol. The predicted molar refractivity (Wildman–Crippen MR) is 87.1 cm³/mol. The normalized spacial score (nSPS) is 18.1. The van der Waals surface area contributed by atoms with Gasteiger partial charge in [-0.1, -0.05) is 35.3 Å². The van der Waals surface area contributed by atoms with Crippen molar-refractivity contribution in [2.24, 2.45) is 0 Å². The second-order valence-corrected chi connectivity index (χ2v) is 6.67. The summed E-state index contributed by atoms with van der Waals surface area (Å²) in [5.41, 5.74) is 1.21. The van der Waals surface area contributed by atoms with Crippen molar-refractivity contribution in [2.75, 3.05) is 26.2 Å². The molecule has 20 heavy (non-hydrogen) atoms. The van der Waals surface area contributed by atoms with Crippen molar-refractivity contribution in [3.63, 3.8) is 0 Å². The summed E-state index contributed by atoms with van der Waals surface area (Å²) in [6, 6.07) is 10.5. The van der Waals surface area contributed by atoms with Gasteiger partial charge in [-0.25, -0.2) is 0 Å². The van der Waals surface area contributed by atoms with Crippen molar-refractivity contribution in [1.29, 1.82) is 0 Å². The van der Waals surface area contributed by atoms with Gasteiger partial charge in [0, 0.05) is 31.1 Å². The van der Waals surface area contributed by atoms with Gasteiger partial charge in [-0.05, 0) is 29.1 Å². The summed E-state index contributed by atoms with van der Waals surface area (Å²) in [5, 5.41) is 6.77. The Hall–Kier alpha value is -0.580. The fourth-order valence-corrected chi connectivity index (χ4v) is 3.82. The summed E-state index contributed by atoms with van der Waals surface area (Å²) in [6.07, 6.45) is 0. The minimum atomic E-state index is 0.270. The quantitative estimate of drug-likeness (QED) is 0.915. The van der Waals surface area contributed by atoms with Gasteiger partial charge in [0.15, 0.2) is 0 Å². The van der Waals surface area contributed by atoms with Crippen LogP contribution in [0.25, 0.3) is 0 Å². The third-order valence-corrected chi connectivity index (χ3v) is 5.25. The van der Waals surface area contributed by atoms with Gasteiger partial charge < -0.3 is 5.32 Å². The van der Waals surface area contributed by atoms with Crippen molar-refractivity contribution in [3.05, 3.63) is 56.2 Å². The lowest BCUT2D eigenvalue weighted by molar-refractivity contribution is 0.200. The van der Waals surface area contributed by atoms with Crippen molar-refractivity contribution in [2.45, 2.75) is 6.04 Å². The number of rotatable bonds is 3. The lowest BCUT2D eigenvalue weighted by atomic mass is 10.0. The van der Waals surface area contributed by atoms with Crippen LogP contribution < -0.4 is 5.32 Å². The molecule has 0 amide bonds. The second kappa shape index (κ2) is 6.46. The van der Waals surface area contributed by atoms with Gasteiger partial charge in [0.25, 0.3) is 0 Å². The Balaban J connectivity index is 1.98. The molecule has 0 aliphatic carbocycles. The van der Waals surface area contributed by atoms with Crippen molar-refractivity contribution >= 4 is 34.5 Å². The first-order valence-corrected chi connectivity index (χ1v) is 8.32. The summed E-state index contributed by atoms with van der Waals surface area (Å²) in [4.78, 5) is 3.85. The number of benzene rings is 1. The molecule has 1 aromatic heterocycles. The number of nitrogens with one attached hydrogen (secondary N) is 1. The molecule has 1 aliphatic rings. The van der Waals surface area contributed by atoms with Crippen LogP contribution in [-0.4, -0.2) is 31.1 Å². The van der Waals surface area contributed by atoms with E-state index in [0.29, 0.717) is 10.0 Å². The highest BCUT2D eigenvalue weighted by Gasteiger charge is 2.25. The van der Waals surface area contributed by atoms with Crippen LogP contribution in [0.3, 0.4) is 0 Å². The molecule has 1 aromatic carbocycles. The topological polar surface area (TPSA) is 15.3 Å². The van der Waals surface area contributed by atoms with E-state index in [1.54, 1.807) is 11.3 Å². The molecular formula is C15H16Cl2N2S. The first-order chi connectivity index (χ1) is 9.75. The Labute approximate surface area is 133 Å². The van der Waals surface area contributed by atoms with E-state index in [-0.39, 0.29) is 6.04 Å². The van der Waals surface area contributed by atoms with Crippen LogP contribution in [-0.2, 0) is 0 Å². The monoisotopic (exact) mass is 326 g/mol. The molecule has 0 unspecified atom stereocenters. The maximum atomic E-state index is 6.20. The molecule has 0 bridgehead atoms. The number of hydrogen-bond donors (Lipinski definition) is 1. The first kappa shape index (κ1) is 14.4. The maximum absolute atomic E-state index is 6.20. The van der Waals surface area contributed by atoms with Crippen LogP contribution in [0.15, 0.2) is 35.7 Å². The minimum Gasteiger partial charge on any atom is -0.314 e. The van der Waals surface area contributed by atoms with Gasteiger partial charge in [0.2, 0.25) is 0 Å². The zero-order valence-corrected chi connectivity index (χ0v) is 13.3. The molecule has 1 fully saturated rings. The smallest absolute Gasteiger partial charge is 0.0697 e. The fourth-order valence-electron chi connectivity index (χ4n) is 2.62. The summed E-state index contributed by atoms with van der Waals surface area (Å²) in [6.45, 7) is 4.15. The number of nitrogens with zero attached hydrogens (tertiary/aromatic N) is 1. The molecule has 0 spiro atoms. The molecule has 1 atom stereocenters. The first-order valence-electron chi connectivity index (χ1n) is 6.69. The third-order valence-electron chi connectivity index (χ3n) is 3.59. The zero-order chi connectivity index (χ0) is 13.9. The highest BCUT2D eigenvalue weighted by molar-refractivity contribution is 7.10. The van der Waals surface area contributed by atoms with Gasteiger partial charge in [-0.15, -0.1) is 11.3 Å². The number of halogens is 2. The summed E-state index contributed by atoms with van der Waals surface area (Å²) < 4.78 is 0. The molecule has 5 heteroatoms. The van der Waals surface area contributed by atoms with Gasteiger partial charge in [0.1, 0.15) is 0 Å². The van der Waals surface area contributed by atoms with Crippen molar-refractivity contribution < 1.29 is 0 Å². The van der Waals surface area contributed by atoms with Crippen LogP contribution in [0.2, 0.25) is 10.0 Å². The number of hydrogen-bond acceptors (Lipinski definition) is 3. The zero-order valence-electron chi connectivity index (χ0n) is 11.0. The Morgan fingerprint density at radius 3 is 2.55 bits per heavy atom. The Kier molecular flexibility index (Phi) is 4.64. The van der Waals surface area contributed by atoms with Crippen molar-refractivity contribution in [3.8, 4) is 0 Å². The molecule has 106 valence electrons. The third kappa shape index (κ3) is 3.02. The van der Waals surface area contributed by atoms with E-state index in [0.717, 1.165) is 26.2 Å². The molecule has 2 heterocycles. The molecule has 0 radical (unpaired) electrons. The molecule has 2 aromatic rings. The largest absolute Gasteiger partial charge is 0.314 e. The molecule has 3 rings (SSSR count). The number of piperazine rings is 1. The van der Waals surface area contributed by atoms with Crippen LogP contribution in [0.5, 0.6) is 0 Å². The van der Waals surface area contributed by atoms with E-state index in [4.69, 9.17) is 23.2 Å². The summed E-state index contributed by atoms with van der Waals surface area (Å²) in [7, 11) is 0. The Morgan fingerprint density at radius 2 is 1.90 bits per heavy atom. The van der Waals surface area contributed by atoms with Crippen LogP contribution in [0.4, 0.5) is 0 Å². The van der Waals surface area contributed by atoms with Gasteiger partial charge >= 0.3 is 0 Å². The van der Waals surface area contributed by atoms with E-state index in [1.807, 2.05) is 12.1 Å². The standard InChI is InChI=1S/C15H16Cl2N2S/c16-12-4-3-11(10-13(12)17)15(14-2-1-9-20-14)19-7-5-18-6-8-19/h1-4,9-10,15,18H,5-8H2/t15-/m0/s1. The van der Waals surface area contributed by atoms with E-state index in [1.165, 1.54) is 10.4 Å². The molecule has 1 N–H and O–H groups in total. The van der Waals surface area contributed by atoms with Crippen LogP contribution in [0.1, 0.15) is 16.5 Å². The SMILES string of the molecule is Clc1ccc([C@@H](c2cccs2)N2CCNCC2)cc1Cl. The Bertz CT molecular complexity index is 565. The maximum Gasteiger partial charge on any atom is 0.0697 e. The lowest BCUT2D eigenvalue weighted by Gasteiger charge is -2.34. The molecule has 1 aliphatic heterocycles. The van der Waals surface area contributed by atoms with Gasteiger partial charge in [0.05, 0.1) is 16.1 Å². The van der Waals surface area contributed by atoms with Crippen molar-refractivity contribution in [1.82, 2.24) is 10.2 Å². The lowest BCUT2D eigenvalue weighted by Crippen LogP contribution is -2.45. The average molecular weight is 327 g/mol. The van der Waals surface area contributed by atoms with Crippen LogP contribution >= 0.6 is 34.5 Å². The molecule has 1 saturated heterocycles. The summed E-state index contributed by atoms with van der Waals surface area (Å²) in [5.74, 6) is 0. The van der Waals surface area contributed by atoms with E-state index >= 15 is 0 Å². The molecule has 0 saturated carbocycles. The fraction of sp³-hybridized carbons (Fsp3) is 0.333. The number of thiophene rings is 1. The van der Waals surface area contributed by atoms with E-state index < -0.39 is 0 Å². The Morgan fingerprint density at radius 1 is 1.10 bits per heavy atom. The van der Waals surface area contributed by atoms with E-state index in [2.05, 4.69) is 33.8 Å². The molecule has 2 nitrogen and oxygen atoms in total. The summed E-state index contributed by atoms with van der Waals surface area (Å²) >= 11 is 14.0. The average Bonchev–Trinajstić information content (AvgIpc) is 2.98. The second-order valence-electron chi connectivity index (χ2n) is 4.88. The van der Waals surface area contributed by atoms with Crippen LogP contribution in [0, 0.1) is 0 Å². The van der Waals surface area contributed by atoms with Gasteiger partial charge in [-0.3, -0.25) is 4.90 Å². The van der Waals surface area contributed by atoms with Gasteiger partial charge in [-0.2, -0.15) is 0 Å².